The highest BCUT2D eigenvalue weighted by Crippen LogP contribution is 2.11. The summed E-state index contributed by atoms with van der Waals surface area (Å²) in [7, 11) is -3.05. The first-order valence-corrected chi connectivity index (χ1v) is 10.5. The maximum Gasteiger partial charge on any atom is 0.252 e. The summed E-state index contributed by atoms with van der Waals surface area (Å²) < 4.78 is 22.7. The highest BCUT2D eigenvalue weighted by molar-refractivity contribution is 7.91. The lowest BCUT2D eigenvalue weighted by Gasteiger charge is -2.11. The number of H-pyrrole nitrogens is 1. The molecule has 0 unspecified atom stereocenters. The lowest BCUT2D eigenvalue weighted by molar-refractivity contribution is -0.122. The van der Waals surface area contributed by atoms with E-state index >= 15 is 0 Å². The molecule has 1 aliphatic rings. The van der Waals surface area contributed by atoms with E-state index in [1.54, 1.807) is 12.1 Å². The Kier molecular flexibility index (Phi) is 5.59. The number of nitrogens with one attached hydrogen (secondary N) is 3. The lowest BCUT2D eigenvalue weighted by atomic mass is 10.1. The number of benzene rings is 1. The van der Waals surface area contributed by atoms with E-state index in [0.29, 0.717) is 17.5 Å². The molecule has 1 aromatic heterocycles. The summed E-state index contributed by atoms with van der Waals surface area (Å²) in [6, 6.07) is 8.63. The van der Waals surface area contributed by atoms with E-state index in [1.807, 2.05) is 18.2 Å². The topological polar surface area (TPSA) is 125 Å². The number of hydrogen-bond donors (Lipinski definition) is 3. The second kappa shape index (κ2) is 7.91. The van der Waals surface area contributed by atoms with Crippen LogP contribution in [0.25, 0.3) is 10.9 Å². The summed E-state index contributed by atoms with van der Waals surface area (Å²) in [4.78, 5) is 38.7. The summed E-state index contributed by atoms with van der Waals surface area (Å²) in [5.41, 5.74) is 0.744. The molecular formula is C18H21N3O5S. The molecule has 3 N–H and O–H groups in total. The number of fused-ring (bicyclic) bond motifs is 1. The van der Waals surface area contributed by atoms with Crippen LogP contribution in [0.1, 0.15) is 18.4 Å². The number of hydrogen-bond acceptors (Lipinski definition) is 5. The quantitative estimate of drug-likeness (QED) is 0.633. The fourth-order valence-corrected chi connectivity index (χ4v) is 4.76. The van der Waals surface area contributed by atoms with Crippen molar-refractivity contribution >= 4 is 32.6 Å². The van der Waals surface area contributed by atoms with Crippen LogP contribution in [0.4, 0.5) is 0 Å². The number of rotatable bonds is 6. The normalized spacial score (nSPS) is 18.3. The molecule has 1 aromatic carbocycles. The Balaban J connectivity index is 1.47. The molecule has 27 heavy (non-hydrogen) atoms. The molecule has 0 aliphatic carbocycles. The van der Waals surface area contributed by atoms with Gasteiger partial charge in [-0.15, -0.1) is 0 Å². The third-order valence-corrected chi connectivity index (χ3v) is 6.22. The van der Waals surface area contributed by atoms with Gasteiger partial charge in [-0.25, -0.2) is 8.42 Å². The van der Waals surface area contributed by atoms with Crippen molar-refractivity contribution in [2.24, 2.45) is 0 Å². The van der Waals surface area contributed by atoms with Crippen LogP contribution in [0.3, 0.4) is 0 Å². The number of carbonyl (C=O) groups is 2. The van der Waals surface area contributed by atoms with Gasteiger partial charge in [-0.05, 0) is 23.9 Å². The molecule has 0 saturated carbocycles. The SMILES string of the molecule is O=C(Cc1cc2ccccc2[nH]c1=O)NCCC(=O)N[C@H]1CCS(=O)(=O)C1. The fourth-order valence-electron chi connectivity index (χ4n) is 3.08. The Bertz CT molecular complexity index is 1030. The predicted molar refractivity (Wildman–Crippen MR) is 101 cm³/mol. The minimum absolute atomic E-state index is 0.0319. The number of pyridine rings is 1. The van der Waals surface area contributed by atoms with Crippen molar-refractivity contribution in [3.8, 4) is 0 Å². The number of aromatic amines is 1. The van der Waals surface area contributed by atoms with Crippen molar-refractivity contribution in [3.05, 3.63) is 46.2 Å². The van der Waals surface area contributed by atoms with E-state index in [-0.39, 0.29) is 54.3 Å². The van der Waals surface area contributed by atoms with Crippen LogP contribution in [-0.4, -0.2) is 49.3 Å². The highest BCUT2D eigenvalue weighted by atomic mass is 32.2. The van der Waals surface area contributed by atoms with E-state index in [2.05, 4.69) is 15.6 Å². The molecule has 2 aromatic rings. The summed E-state index contributed by atoms with van der Waals surface area (Å²) in [6.45, 7) is 0.121. The fraction of sp³-hybridized carbons (Fsp3) is 0.389. The molecule has 1 saturated heterocycles. The van der Waals surface area contributed by atoms with Gasteiger partial charge in [0, 0.05) is 30.1 Å². The van der Waals surface area contributed by atoms with E-state index in [0.717, 1.165) is 5.39 Å². The third-order valence-electron chi connectivity index (χ3n) is 4.45. The second-order valence-electron chi connectivity index (χ2n) is 6.66. The largest absolute Gasteiger partial charge is 0.355 e. The molecule has 8 nitrogen and oxygen atoms in total. The molecule has 0 bridgehead atoms. The highest BCUT2D eigenvalue weighted by Gasteiger charge is 2.28. The third kappa shape index (κ3) is 5.16. The van der Waals surface area contributed by atoms with Gasteiger partial charge in [0.25, 0.3) is 5.56 Å². The van der Waals surface area contributed by atoms with Crippen molar-refractivity contribution in [1.82, 2.24) is 15.6 Å². The monoisotopic (exact) mass is 391 g/mol. The van der Waals surface area contributed by atoms with Gasteiger partial charge in [-0.2, -0.15) is 0 Å². The number of sulfone groups is 1. The van der Waals surface area contributed by atoms with Crippen molar-refractivity contribution in [3.63, 3.8) is 0 Å². The van der Waals surface area contributed by atoms with Gasteiger partial charge < -0.3 is 15.6 Å². The van der Waals surface area contributed by atoms with E-state index in [9.17, 15) is 22.8 Å². The maximum absolute atomic E-state index is 12.0. The average molecular weight is 391 g/mol. The van der Waals surface area contributed by atoms with Gasteiger partial charge in [0.15, 0.2) is 9.84 Å². The van der Waals surface area contributed by atoms with Crippen LogP contribution in [0, 0.1) is 0 Å². The first-order valence-electron chi connectivity index (χ1n) is 8.70. The maximum atomic E-state index is 12.0. The zero-order valence-corrected chi connectivity index (χ0v) is 15.5. The summed E-state index contributed by atoms with van der Waals surface area (Å²) in [6.07, 6.45) is 0.393. The van der Waals surface area contributed by atoms with Crippen molar-refractivity contribution in [2.45, 2.75) is 25.3 Å². The zero-order chi connectivity index (χ0) is 19.4. The Morgan fingerprint density at radius 3 is 2.70 bits per heavy atom. The van der Waals surface area contributed by atoms with Crippen molar-refractivity contribution in [1.29, 1.82) is 0 Å². The first-order chi connectivity index (χ1) is 12.8. The Morgan fingerprint density at radius 1 is 1.19 bits per heavy atom. The van der Waals surface area contributed by atoms with E-state index < -0.39 is 9.84 Å². The molecule has 2 amide bonds. The number of para-hydroxylation sites is 1. The number of amides is 2. The van der Waals surface area contributed by atoms with Crippen LogP contribution in [0.2, 0.25) is 0 Å². The lowest BCUT2D eigenvalue weighted by Crippen LogP contribution is -2.38. The molecule has 9 heteroatoms. The molecular weight excluding hydrogens is 370 g/mol. The van der Waals surface area contributed by atoms with Crippen LogP contribution in [0.15, 0.2) is 35.1 Å². The molecule has 1 fully saturated rings. The van der Waals surface area contributed by atoms with E-state index in [4.69, 9.17) is 0 Å². The van der Waals surface area contributed by atoms with Gasteiger partial charge in [0.2, 0.25) is 11.8 Å². The standard InChI is InChI=1S/C18H21N3O5S/c22-16(20-14-6-8-27(25,26)11-14)5-7-19-17(23)10-13-9-12-3-1-2-4-15(12)21-18(13)24/h1-4,9,14H,5-8,10-11H2,(H,19,23)(H,20,22)(H,21,24)/t14-/m0/s1. The summed E-state index contributed by atoms with van der Waals surface area (Å²) in [5, 5.41) is 6.11. The molecule has 2 heterocycles. The Morgan fingerprint density at radius 2 is 1.96 bits per heavy atom. The zero-order valence-electron chi connectivity index (χ0n) is 14.7. The van der Waals surface area contributed by atoms with E-state index in [1.165, 1.54) is 0 Å². The minimum Gasteiger partial charge on any atom is -0.355 e. The second-order valence-corrected chi connectivity index (χ2v) is 8.88. The summed E-state index contributed by atoms with van der Waals surface area (Å²) >= 11 is 0. The van der Waals surface area contributed by atoms with Crippen LogP contribution in [0.5, 0.6) is 0 Å². The molecule has 1 aliphatic heterocycles. The van der Waals surface area contributed by atoms with Crippen LogP contribution < -0.4 is 16.2 Å². The first kappa shape index (κ1) is 19.1. The smallest absolute Gasteiger partial charge is 0.252 e. The van der Waals surface area contributed by atoms with Gasteiger partial charge >= 0.3 is 0 Å². The van der Waals surface area contributed by atoms with Gasteiger partial charge in [0.1, 0.15) is 0 Å². The minimum atomic E-state index is -3.05. The number of aromatic nitrogens is 1. The predicted octanol–water partition coefficient (Wildman–Crippen LogP) is -0.120. The van der Waals surface area contributed by atoms with Crippen LogP contribution in [-0.2, 0) is 25.8 Å². The van der Waals surface area contributed by atoms with Gasteiger partial charge in [0.05, 0.1) is 17.9 Å². The van der Waals surface area contributed by atoms with Crippen molar-refractivity contribution in [2.75, 3.05) is 18.1 Å². The number of carbonyl (C=O) groups excluding carboxylic acids is 2. The molecule has 1 atom stereocenters. The molecule has 144 valence electrons. The van der Waals surface area contributed by atoms with Gasteiger partial charge in [-0.1, -0.05) is 18.2 Å². The summed E-state index contributed by atoms with van der Waals surface area (Å²) in [5.74, 6) is -0.599. The molecule has 0 spiro atoms. The van der Waals surface area contributed by atoms with Gasteiger partial charge in [-0.3, -0.25) is 14.4 Å². The molecule has 0 radical (unpaired) electrons. The van der Waals surface area contributed by atoms with Crippen molar-refractivity contribution < 1.29 is 18.0 Å². The Hall–Kier alpha value is -2.68. The van der Waals surface area contributed by atoms with Crippen LogP contribution >= 0.6 is 0 Å². The Labute approximate surface area is 156 Å². The molecule has 3 rings (SSSR count). The average Bonchev–Trinajstić information content (AvgIpc) is 2.94.